The number of rotatable bonds is 6. The number of hydrogen-bond acceptors (Lipinski definition) is 3. The third-order valence-corrected chi connectivity index (χ3v) is 13.2. The number of anilines is 2. The quantitative estimate of drug-likeness (QED) is 0.184. The molecular formula is C53H42N4. The van der Waals surface area contributed by atoms with Crippen molar-refractivity contribution in [2.24, 2.45) is 0 Å². The van der Waals surface area contributed by atoms with E-state index in [1.807, 2.05) is 0 Å². The van der Waals surface area contributed by atoms with Crippen LogP contribution < -0.4 is 10.2 Å². The summed E-state index contributed by atoms with van der Waals surface area (Å²) in [6.07, 6.45) is 10.3. The monoisotopic (exact) mass is 734 g/mol. The SMILES string of the molecule is C1=CC2c3cc(-c4ccc5c(c4)c4ccccc4n5-c4ccccc4)c(C4CC5(c6ccccc6)CN4C(c4ccccc4)N5)cc3N(c3ccccc3)C2C=C1. The van der Waals surface area contributed by atoms with Crippen molar-refractivity contribution in [3.63, 3.8) is 0 Å². The molecule has 6 atom stereocenters. The Morgan fingerprint density at radius 3 is 2.02 bits per heavy atom. The zero-order valence-corrected chi connectivity index (χ0v) is 31.6. The second-order valence-corrected chi connectivity index (χ2v) is 16.2. The Morgan fingerprint density at radius 1 is 0.561 bits per heavy atom. The number of nitrogens with zero attached hydrogens (tertiary/aromatic N) is 3. The van der Waals surface area contributed by atoms with Crippen molar-refractivity contribution in [3.8, 4) is 16.8 Å². The van der Waals surface area contributed by atoms with Gasteiger partial charge in [0.1, 0.15) is 0 Å². The summed E-state index contributed by atoms with van der Waals surface area (Å²) in [5, 5.41) is 6.73. The van der Waals surface area contributed by atoms with E-state index in [1.165, 1.54) is 72.2 Å². The van der Waals surface area contributed by atoms with Gasteiger partial charge in [0, 0.05) is 46.3 Å². The summed E-state index contributed by atoms with van der Waals surface area (Å²) in [6.45, 7) is 0.945. The number of benzene rings is 7. The van der Waals surface area contributed by atoms with E-state index in [0.717, 1.165) is 13.0 Å². The van der Waals surface area contributed by atoms with E-state index in [9.17, 15) is 0 Å². The Labute approximate surface area is 333 Å². The van der Waals surface area contributed by atoms with E-state index in [4.69, 9.17) is 0 Å². The van der Waals surface area contributed by atoms with Crippen molar-refractivity contribution in [3.05, 3.63) is 222 Å². The molecule has 1 N–H and O–H groups in total. The van der Waals surface area contributed by atoms with Crippen molar-refractivity contribution in [1.29, 1.82) is 0 Å². The number of hydrogen-bond donors (Lipinski definition) is 1. The third kappa shape index (κ3) is 5.01. The topological polar surface area (TPSA) is 23.4 Å². The molecule has 4 heterocycles. The summed E-state index contributed by atoms with van der Waals surface area (Å²) in [6, 6.07) is 65.6. The zero-order chi connectivity index (χ0) is 37.5. The van der Waals surface area contributed by atoms with Crippen LogP contribution in [0.1, 0.15) is 46.8 Å². The fraction of sp³-hybridized carbons (Fsp3) is 0.132. The average Bonchev–Trinajstić information content (AvgIpc) is 4.04. The Hall–Kier alpha value is -6.46. The maximum Gasteiger partial charge on any atom is 0.0873 e. The molecule has 274 valence electrons. The number of para-hydroxylation sites is 3. The minimum atomic E-state index is -0.172. The Morgan fingerprint density at radius 2 is 1.23 bits per heavy atom. The van der Waals surface area contributed by atoms with Gasteiger partial charge in [-0.2, -0.15) is 0 Å². The summed E-state index contributed by atoms with van der Waals surface area (Å²) < 4.78 is 2.42. The molecule has 4 heteroatoms. The highest BCUT2D eigenvalue weighted by Crippen LogP contribution is 2.57. The van der Waals surface area contributed by atoms with Crippen LogP contribution in [0.2, 0.25) is 0 Å². The predicted octanol–water partition coefficient (Wildman–Crippen LogP) is 12.1. The van der Waals surface area contributed by atoms with Crippen LogP contribution in [0, 0.1) is 0 Å². The molecule has 2 fully saturated rings. The van der Waals surface area contributed by atoms with E-state index in [2.05, 4.69) is 220 Å². The minimum Gasteiger partial charge on any atom is -0.333 e. The van der Waals surface area contributed by atoms with E-state index < -0.39 is 0 Å². The minimum absolute atomic E-state index is 0.0938. The van der Waals surface area contributed by atoms with Gasteiger partial charge in [-0.25, -0.2) is 0 Å². The van der Waals surface area contributed by atoms with Crippen molar-refractivity contribution < 1.29 is 0 Å². The molecular weight excluding hydrogens is 693 g/mol. The second kappa shape index (κ2) is 12.8. The van der Waals surface area contributed by atoms with Gasteiger partial charge in [-0.15, -0.1) is 0 Å². The standard InChI is InChI=1S/C53H42N4/c1-5-17-36(18-6-1)52-54-53(38-19-7-2-8-20-38)34-51(55(52)35-53)46-33-50-45(42-26-14-16-28-48(42)57(50)40-23-11-4-12-24-40)32-43(46)37-29-30-49-44(31-37)41-25-13-15-27-47(41)56(49)39-21-9-3-10-22-39/h1-33,42,48,51-52,54H,34-35H2. The molecule has 57 heavy (non-hydrogen) atoms. The second-order valence-electron chi connectivity index (χ2n) is 16.2. The number of aromatic nitrogens is 1. The van der Waals surface area contributed by atoms with Crippen LogP contribution in [0.4, 0.5) is 11.4 Å². The Balaban J connectivity index is 1.10. The maximum atomic E-state index is 4.18. The Bertz CT molecular complexity index is 2860. The number of fused-ring (bicyclic) bond motifs is 8. The van der Waals surface area contributed by atoms with Crippen LogP contribution in [0.3, 0.4) is 0 Å². The molecule has 7 aromatic carbocycles. The molecule has 8 aromatic rings. The van der Waals surface area contributed by atoms with Crippen LogP contribution in [-0.2, 0) is 5.54 Å². The highest BCUT2D eigenvalue weighted by Gasteiger charge is 2.56. The summed E-state index contributed by atoms with van der Waals surface area (Å²) in [7, 11) is 0. The normalized spacial score (nSPS) is 24.4. The van der Waals surface area contributed by atoms with Gasteiger partial charge >= 0.3 is 0 Å². The molecule has 1 aliphatic carbocycles. The smallest absolute Gasteiger partial charge is 0.0873 e. The molecule has 6 unspecified atom stereocenters. The summed E-state index contributed by atoms with van der Waals surface area (Å²) in [5.74, 6) is 0.261. The molecule has 4 nitrogen and oxygen atoms in total. The molecule has 1 aromatic heterocycles. The van der Waals surface area contributed by atoms with Gasteiger partial charge in [-0.3, -0.25) is 10.2 Å². The first-order chi connectivity index (χ1) is 28.2. The average molecular weight is 735 g/mol. The lowest BCUT2D eigenvalue weighted by Crippen LogP contribution is -2.43. The lowest BCUT2D eigenvalue weighted by molar-refractivity contribution is 0.156. The summed E-state index contributed by atoms with van der Waals surface area (Å²) in [5.41, 5.74) is 14.1. The van der Waals surface area contributed by atoms with Crippen molar-refractivity contribution in [2.75, 3.05) is 11.4 Å². The van der Waals surface area contributed by atoms with Crippen LogP contribution >= 0.6 is 0 Å². The fourth-order valence-corrected chi connectivity index (χ4v) is 10.7. The molecule has 0 amide bonds. The van der Waals surface area contributed by atoms with Gasteiger partial charge in [0.05, 0.1) is 28.8 Å². The zero-order valence-electron chi connectivity index (χ0n) is 31.6. The third-order valence-electron chi connectivity index (χ3n) is 13.2. The van der Waals surface area contributed by atoms with Gasteiger partial charge < -0.3 is 9.47 Å². The van der Waals surface area contributed by atoms with Crippen LogP contribution in [-0.4, -0.2) is 22.1 Å². The van der Waals surface area contributed by atoms with Crippen LogP contribution in [0.15, 0.2) is 200 Å². The maximum absolute atomic E-state index is 4.18. The number of nitrogens with one attached hydrogen (secondary N) is 1. The Kier molecular flexibility index (Phi) is 7.35. The predicted molar refractivity (Wildman–Crippen MR) is 234 cm³/mol. The lowest BCUT2D eigenvalue weighted by atomic mass is 9.81. The first kappa shape index (κ1) is 32.8. The van der Waals surface area contributed by atoms with Crippen molar-refractivity contribution in [2.45, 2.75) is 36.1 Å². The molecule has 0 spiro atoms. The van der Waals surface area contributed by atoms with E-state index in [-0.39, 0.29) is 29.7 Å². The first-order valence-electron chi connectivity index (χ1n) is 20.3. The van der Waals surface area contributed by atoms with Crippen molar-refractivity contribution in [1.82, 2.24) is 14.8 Å². The van der Waals surface area contributed by atoms with Crippen LogP contribution in [0.5, 0.6) is 0 Å². The van der Waals surface area contributed by atoms with E-state index in [1.54, 1.807) is 0 Å². The van der Waals surface area contributed by atoms with Gasteiger partial charge in [0.2, 0.25) is 0 Å². The largest absolute Gasteiger partial charge is 0.333 e. The van der Waals surface area contributed by atoms with Crippen LogP contribution in [0.25, 0.3) is 38.6 Å². The molecule has 0 saturated carbocycles. The summed E-state index contributed by atoms with van der Waals surface area (Å²) in [4.78, 5) is 5.34. The molecule has 4 aliphatic rings. The molecule has 3 aliphatic heterocycles. The molecule has 0 radical (unpaired) electrons. The molecule has 2 bridgehead atoms. The highest BCUT2D eigenvalue weighted by atomic mass is 15.4. The fourth-order valence-electron chi connectivity index (χ4n) is 10.7. The molecule has 2 saturated heterocycles. The first-order valence-corrected chi connectivity index (χ1v) is 20.3. The van der Waals surface area contributed by atoms with Gasteiger partial charge in [-0.1, -0.05) is 146 Å². The molecule has 12 rings (SSSR count). The van der Waals surface area contributed by atoms with Gasteiger partial charge in [0.25, 0.3) is 0 Å². The van der Waals surface area contributed by atoms with E-state index in [0.29, 0.717) is 0 Å². The van der Waals surface area contributed by atoms with Gasteiger partial charge in [-0.05, 0) is 94.4 Å². The van der Waals surface area contributed by atoms with E-state index >= 15 is 0 Å². The summed E-state index contributed by atoms with van der Waals surface area (Å²) >= 11 is 0. The number of allylic oxidation sites excluding steroid dienone is 2. The van der Waals surface area contributed by atoms with Gasteiger partial charge in [0.15, 0.2) is 0 Å². The highest BCUT2D eigenvalue weighted by molar-refractivity contribution is 6.10. The van der Waals surface area contributed by atoms with Crippen molar-refractivity contribution >= 4 is 33.2 Å². The lowest BCUT2D eigenvalue weighted by Gasteiger charge is -2.39.